The van der Waals surface area contributed by atoms with E-state index in [9.17, 15) is 0 Å². The summed E-state index contributed by atoms with van der Waals surface area (Å²) in [7, 11) is 0. The van der Waals surface area contributed by atoms with Crippen LogP contribution in [0.5, 0.6) is 0 Å². The van der Waals surface area contributed by atoms with E-state index in [2.05, 4.69) is 35.8 Å². The third-order valence-corrected chi connectivity index (χ3v) is 4.98. The van der Waals surface area contributed by atoms with E-state index in [-0.39, 0.29) is 0 Å². The van der Waals surface area contributed by atoms with Gasteiger partial charge in [-0.2, -0.15) is 11.8 Å². The molecule has 1 aliphatic heterocycles. The van der Waals surface area contributed by atoms with Crippen LogP contribution in [0.3, 0.4) is 0 Å². The second-order valence-corrected chi connectivity index (χ2v) is 6.42. The molecule has 2 aliphatic rings. The monoisotopic (exact) mass is 228 g/mol. The van der Waals surface area contributed by atoms with E-state index in [0.717, 1.165) is 17.3 Å². The van der Waals surface area contributed by atoms with Crippen LogP contribution < -0.4 is 5.32 Å². The minimum absolute atomic E-state index is 0.768. The molecule has 2 rings (SSSR count). The minimum atomic E-state index is 0.768. The number of hydrogen-bond donors (Lipinski definition) is 1. The molecular formula is C12H24N2S. The van der Waals surface area contributed by atoms with Crippen molar-refractivity contribution in [1.29, 1.82) is 0 Å². The third-order valence-electron chi connectivity index (χ3n) is 3.65. The molecule has 0 aromatic rings. The number of thioether (sulfide) groups is 1. The highest BCUT2D eigenvalue weighted by atomic mass is 32.2. The lowest BCUT2D eigenvalue weighted by molar-refractivity contribution is 0.210. The maximum atomic E-state index is 3.59. The molecule has 0 amide bonds. The minimum Gasteiger partial charge on any atom is -0.314 e. The molecule has 3 heteroatoms. The van der Waals surface area contributed by atoms with Crippen LogP contribution >= 0.6 is 11.8 Å². The van der Waals surface area contributed by atoms with Crippen LogP contribution in [0.1, 0.15) is 33.1 Å². The third kappa shape index (κ3) is 3.65. The summed E-state index contributed by atoms with van der Waals surface area (Å²) in [5, 5.41) is 4.41. The molecule has 0 aromatic heterocycles. The van der Waals surface area contributed by atoms with Crippen LogP contribution in [0.15, 0.2) is 0 Å². The molecule has 88 valence electrons. The summed E-state index contributed by atoms with van der Waals surface area (Å²) >= 11 is 2.13. The van der Waals surface area contributed by atoms with Crippen molar-refractivity contribution in [2.45, 2.75) is 50.4 Å². The smallest absolute Gasteiger partial charge is 0.0184 e. The Bertz CT molecular complexity index is 194. The lowest BCUT2D eigenvalue weighted by Gasteiger charge is -2.37. The van der Waals surface area contributed by atoms with Crippen molar-refractivity contribution in [3.63, 3.8) is 0 Å². The van der Waals surface area contributed by atoms with Gasteiger partial charge < -0.3 is 5.32 Å². The van der Waals surface area contributed by atoms with Crippen molar-refractivity contribution >= 4 is 11.8 Å². The molecule has 0 radical (unpaired) electrons. The molecule has 1 saturated heterocycles. The van der Waals surface area contributed by atoms with Crippen LogP contribution in [0.2, 0.25) is 0 Å². The fourth-order valence-electron chi connectivity index (χ4n) is 2.19. The molecule has 2 unspecified atom stereocenters. The summed E-state index contributed by atoms with van der Waals surface area (Å²) in [6.45, 7) is 8.54. The summed E-state index contributed by atoms with van der Waals surface area (Å²) in [6, 6.07) is 1.64. The van der Waals surface area contributed by atoms with Gasteiger partial charge in [-0.15, -0.1) is 0 Å². The Balaban J connectivity index is 1.59. The first-order valence-corrected chi connectivity index (χ1v) is 7.41. The van der Waals surface area contributed by atoms with Gasteiger partial charge in [-0.25, -0.2) is 0 Å². The van der Waals surface area contributed by atoms with Gasteiger partial charge in [0, 0.05) is 29.6 Å². The van der Waals surface area contributed by atoms with Crippen LogP contribution in [0.25, 0.3) is 0 Å². The molecule has 0 spiro atoms. The van der Waals surface area contributed by atoms with Gasteiger partial charge in [-0.05, 0) is 39.3 Å². The Morgan fingerprint density at radius 1 is 1.33 bits per heavy atom. The molecule has 1 N–H and O–H groups in total. The molecule has 2 atom stereocenters. The van der Waals surface area contributed by atoms with Crippen molar-refractivity contribution < 1.29 is 0 Å². The number of hydrogen-bond acceptors (Lipinski definition) is 3. The van der Waals surface area contributed by atoms with Gasteiger partial charge in [0.15, 0.2) is 0 Å². The molecule has 1 saturated carbocycles. The summed E-state index contributed by atoms with van der Waals surface area (Å²) in [5.74, 6) is 1.32. The van der Waals surface area contributed by atoms with Gasteiger partial charge in [0.05, 0.1) is 0 Å². The van der Waals surface area contributed by atoms with Gasteiger partial charge in [-0.3, -0.25) is 4.90 Å². The Morgan fingerprint density at radius 3 is 2.87 bits per heavy atom. The van der Waals surface area contributed by atoms with Gasteiger partial charge in [0.1, 0.15) is 0 Å². The first-order valence-electron chi connectivity index (χ1n) is 6.36. The molecule has 1 heterocycles. The van der Waals surface area contributed by atoms with Crippen LogP contribution in [0, 0.1) is 0 Å². The maximum absolute atomic E-state index is 3.59. The highest BCUT2D eigenvalue weighted by molar-refractivity contribution is 8.00. The zero-order valence-electron chi connectivity index (χ0n) is 10.0. The predicted octanol–water partition coefficient (Wildman–Crippen LogP) is 1.95. The van der Waals surface area contributed by atoms with Crippen molar-refractivity contribution in [2.75, 3.05) is 25.4 Å². The summed E-state index contributed by atoms with van der Waals surface area (Å²) in [4.78, 5) is 2.66. The molecule has 1 aliphatic carbocycles. The summed E-state index contributed by atoms with van der Waals surface area (Å²) in [6.07, 6.45) is 4.14. The predicted molar refractivity (Wildman–Crippen MR) is 68.6 cm³/mol. The average Bonchev–Trinajstić information content (AvgIpc) is 3.02. The van der Waals surface area contributed by atoms with Crippen molar-refractivity contribution in [2.24, 2.45) is 0 Å². The highest BCUT2D eigenvalue weighted by Gasteiger charge is 2.24. The van der Waals surface area contributed by atoms with Crippen LogP contribution in [0.4, 0.5) is 0 Å². The molecule has 15 heavy (non-hydrogen) atoms. The van der Waals surface area contributed by atoms with Crippen LogP contribution in [-0.2, 0) is 0 Å². The highest BCUT2D eigenvalue weighted by Crippen LogP contribution is 2.24. The number of rotatable bonds is 5. The largest absolute Gasteiger partial charge is 0.314 e. The van der Waals surface area contributed by atoms with E-state index in [1.54, 1.807) is 0 Å². The van der Waals surface area contributed by atoms with E-state index < -0.39 is 0 Å². The quantitative estimate of drug-likeness (QED) is 0.724. The first kappa shape index (κ1) is 11.7. The zero-order valence-corrected chi connectivity index (χ0v) is 10.9. The first-order chi connectivity index (χ1) is 7.27. The number of nitrogens with zero attached hydrogens (tertiary/aromatic N) is 1. The topological polar surface area (TPSA) is 15.3 Å². The molecule has 2 fully saturated rings. The van der Waals surface area contributed by atoms with E-state index in [4.69, 9.17) is 0 Å². The molecule has 0 bridgehead atoms. The van der Waals surface area contributed by atoms with Gasteiger partial charge in [-0.1, -0.05) is 6.92 Å². The Morgan fingerprint density at radius 2 is 2.13 bits per heavy atom. The van der Waals surface area contributed by atoms with Gasteiger partial charge in [0.2, 0.25) is 0 Å². The fourth-order valence-corrected chi connectivity index (χ4v) is 3.35. The Hall–Kier alpha value is 0.270. The molecule has 0 aromatic carbocycles. The number of nitrogens with one attached hydrogen (secondary N) is 1. The Labute approximate surface area is 98.2 Å². The average molecular weight is 228 g/mol. The summed E-state index contributed by atoms with van der Waals surface area (Å²) < 4.78 is 0. The van der Waals surface area contributed by atoms with E-state index >= 15 is 0 Å². The standard InChI is InChI=1S/C12H24N2S/c1-10-11(2)15-9-8-14(10)7-3-6-13-12-4-5-12/h10-13H,3-9H2,1-2H3. The van der Waals surface area contributed by atoms with E-state index in [1.165, 1.54) is 44.6 Å². The Kier molecular flexibility index (Phi) is 4.35. The van der Waals surface area contributed by atoms with Gasteiger partial charge >= 0.3 is 0 Å². The normalized spacial score (nSPS) is 33.2. The van der Waals surface area contributed by atoms with E-state index in [0.29, 0.717) is 0 Å². The van der Waals surface area contributed by atoms with Crippen LogP contribution in [-0.4, -0.2) is 47.6 Å². The van der Waals surface area contributed by atoms with Crippen molar-refractivity contribution in [1.82, 2.24) is 10.2 Å². The SMILES string of the molecule is CC1SCCN(CCCNC2CC2)C1C. The fraction of sp³-hybridized carbons (Fsp3) is 1.00. The zero-order chi connectivity index (χ0) is 10.7. The maximum Gasteiger partial charge on any atom is 0.0184 e. The van der Waals surface area contributed by atoms with Crippen molar-refractivity contribution in [3.05, 3.63) is 0 Å². The molecule has 2 nitrogen and oxygen atoms in total. The summed E-state index contributed by atoms with van der Waals surface area (Å²) in [5.41, 5.74) is 0. The second-order valence-electron chi connectivity index (χ2n) is 4.93. The lowest BCUT2D eigenvalue weighted by atomic mass is 10.2. The second kappa shape index (κ2) is 5.55. The van der Waals surface area contributed by atoms with E-state index in [1.807, 2.05) is 0 Å². The van der Waals surface area contributed by atoms with Crippen molar-refractivity contribution in [3.8, 4) is 0 Å². The van der Waals surface area contributed by atoms with Gasteiger partial charge in [0.25, 0.3) is 0 Å². The molecular weight excluding hydrogens is 204 g/mol. The lowest BCUT2D eigenvalue weighted by Crippen LogP contribution is -2.45.